The number of carbonyl (C=O) groups is 1. The molecule has 3 nitrogen and oxygen atoms in total. The normalized spacial score (nSPS) is 26.9. The van der Waals surface area contributed by atoms with E-state index in [1.54, 1.807) is 0 Å². The molecular weight excluding hydrogens is 212 g/mol. The van der Waals surface area contributed by atoms with Crippen molar-refractivity contribution in [3.8, 4) is 0 Å². The molecule has 0 aromatic heterocycles. The fourth-order valence-corrected chi connectivity index (χ4v) is 2.42. The maximum Gasteiger partial charge on any atom is 0.241 e. The molecule has 1 rings (SSSR count). The standard InChI is InChI=1S/C14H28N2O/c1-6-8-12-14(17)16(9-11(5)7-2)13(15-12)10(3)4/h10-13,15H,6-9H2,1-5H3. The first-order chi connectivity index (χ1) is 8.01. The van der Waals surface area contributed by atoms with Crippen LogP contribution in [0.2, 0.25) is 0 Å². The zero-order chi connectivity index (χ0) is 13.0. The smallest absolute Gasteiger partial charge is 0.241 e. The van der Waals surface area contributed by atoms with Crippen LogP contribution in [0, 0.1) is 11.8 Å². The van der Waals surface area contributed by atoms with E-state index in [4.69, 9.17) is 0 Å². The minimum atomic E-state index is 0.0523. The van der Waals surface area contributed by atoms with Crippen molar-refractivity contribution < 1.29 is 4.79 Å². The lowest BCUT2D eigenvalue weighted by atomic mass is 10.1. The fourth-order valence-electron chi connectivity index (χ4n) is 2.42. The number of carbonyl (C=O) groups excluding carboxylic acids is 1. The van der Waals surface area contributed by atoms with Crippen LogP contribution < -0.4 is 5.32 Å². The number of amides is 1. The van der Waals surface area contributed by atoms with Crippen LogP contribution in [0.1, 0.15) is 53.9 Å². The molecule has 0 radical (unpaired) electrons. The molecule has 0 aromatic carbocycles. The summed E-state index contributed by atoms with van der Waals surface area (Å²) in [5.74, 6) is 1.37. The summed E-state index contributed by atoms with van der Waals surface area (Å²) in [7, 11) is 0. The van der Waals surface area contributed by atoms with E-state index in [9.17, 15) is 4.79 Å². The number of hydrogen-bond acceptors (Lipinski definition) is 2. The van der Waals surface area contributed by atoms with Crippen LogP contribution in [0.25, 0.3) is 0 Å². The highest BCUT2D eigenvalue weighted by Crippen LogP contribution is 2.21. The molecule has 0 bridgehead atoms. The molecular formula is C14H28N2O. The van der Waals surface area contributed by atoms with Crippen molar-refractivity contribution in [2.75, 3.05) is 6.54 Å². The van der Waals surface area contributed by atoms with Crippen molar-refractivity contribution in [2.45, 2.75) is 66.1 Å². The Balaban J connectivity index is 2.72. The van der Waals surface area contributed by atoms with Gasteiger partial charge in [-0.25, -0.2) is 0 Å². The van der Waals surface area contributed by atoms with Gasteiger partial charge in [0.15, 0.2) is 0 Å². The first kappa shape index (κ1) is 14.5. The number of rotatable bonds is 6. The number of nitrogens with zero attached hydrogens (tertiary/aromatic N) is 1. The zero-order valence-corrected chi connectivity index (χ0v) is 12.0. The van der Waals surface area contributed by atoms with Crippen LogP contribution >= 0.6 is 0 Å². The van der Waals surface area contributed by atoms with Gasteiger partial charge in [0, 0.05) is 6.54 Å². The molecule has 0 aromatic rings. The highest BCUT2D eigenvalue weighted by atomic mass is 16.2. The number of hydrogen-bond donors (Lipinski definition) is 1. The van der Waals surface area contributed by atoms with Crippen LogP contribution in [0.15, 0.2) is 0 Å². The lowest BCUT2D eigenvalue weighted by Gasteiger charge is -2.29. The third-order valence-electron chi connectivity index (χ3n) is 3.70. The van der Waals surface area contributed by atoms with Gasteiger partial charge in [0.25, 0.3) is 0 Å². The minimum Gasteiger partial charge on any atom is -0.325 e. The van der Waals surface area contributed by atoms with Crippen molar-refractivity contribution in [3.05, 3.63) is 0 Å². The maximum absolute atomic E-state index is 12.3. The molecule has 1 aliphatic heterocycles. The topological polar surface area (TPSA) is 32.3 Å². The second-order valence-electron chi connectivity index (χ2n) is 5.70. The van der Waals surface area contributed by atoms with E-state index < -0.39 is 0 Å². The van der Waals surface area contributed by atoms with E-state index in [0.717, 1.165) is 25.8 Å². The largest absolute Gasteiger partial charge is 0.325 e. The van der Waals surface area contributed by atoms with Gasteiger partial charge < -0.3 is 4.90 Å². The van der Waals surface area contributed by atoms with Crippen molar-refractivity contribution in [2.24, 2.45) is 11.8 Å². The number of nitrogens with one attached hydrogen (secondary N) is 1. The molecule has 0 aliphatic carbocycles. The molecule has 1 amide bonds. The van der Waals surface area contributed by atoms with E-state index in [0.29, 0.717) is 17.7 Å². The molecule has 3 heteroatoms. The van der Waals surface area contributed by atoms with E-state index in [1.807, 2.05) is 0 Å². The summed E-state index contributed by atoms with van der Waals surface area (Å²) < 4.78 is 0. The maximum atomic E-state index is 12.3. The van der Waals surface area contributed by atoms with Gasteiger partial charge in [0.2, 0.25) is 5.91 Å². The van der Waals surface area contributed by atoms with Gasteiger partial charge in [0.05, 0.1) is 12.2 Å². The van der Waals surface area contributed by atoms with E-state index >= 15 is 0 Å². The minimum absolute atomic E-state index is 0.0523. The van der Waals surface area contributed by atoms with Gasteiger partial charge in [-0.2, -0.15) is 0 Å². The van der Waals surface area contributed by atoms with Crippen molar-refractivity contribution >= 4 is 5.91 Å². The Morgan fingerprint density at radius 3 is 2.41 bits per heavy atom. The SMILES string of the molecule is CCCC1NC(C(C)C)N(CC(C)CC)C1=O. The quantitative estimate of drug-likeness (QED) is 0.774. The third kappa shape index (κ3) is 3.44. The Morgan fingerprint density at radius 1 is 1.29 bits per heavy atom. The Labute approximate surface area is 106 Å². The summed E-state index contributed by atoms with van der Waals surface area (Å²) in [5.41, 5.74) is 0. The molecule has 17 heavy (non-hydrogen) atoms. The Morgan fingerprint density at radius 2 is 1.94 bits per heavy atom. The summed E-state index contributed by atoms with van der Waals surface area (Å²) in [6.45, 7) is 11.8. The third-order valence-corrected chi connectivity index (χ3v) is 3.70. The molecule has 1 heterocycles. The van der Waals surface area contributed by atoms with Gasteiger partial charge in [-0.3, -0.25) is 10.1 Å². The summed E-state index contributed by atoms with van der Waals surface area (Å²) in [6, 6.07) is 0.0523. The Bertz CT molecular complexity index is 253. The van der Waals surface area contributed by atoms with E-state index in [2.05, 4.69) is 44.8 Å². The molecule has 1 aliphatic rings. The van der Waals surface area contributed by atoms with Crippen LogP contribution in [0.4, 0.5) is 0 Å². The molecule has 1 saturated heterocycles. The monoisotopic (exact) mass is 240 g/mol. The van der Waals surface area contributed by atoms with Gasteiger partial charge >= 0.3 is 0 Å². The summed E-state index contributed by atoms with van der Waals surface area (Å²) >= 11 is 0. The molecule has 100 valence electrons. The molecule has 1 fully saturated rings. The van der Waals surface area contributed by atoms with Crippen molar-refractivity contribution in [3.63, 3.8) is 0 Å². The van der Waals surface area contributed by atoms with Crippen LogP contribution in [0.3, 0.4) is 0 Å². The van der Waals surface area contributed by atoms with E-state index in [-0.39, 0.29) is 12.2 Å². The average molecular weight is 240 g/mol. The van der Waals surface area contributed by atoms with Gasteiger partial charge in [0.1, 0.15) is 0 Å². The second kappa shape index (κ2) is 6.39. The summed E-state index contributed by atoms with van der Waals surface area (Å²) in [4.78, 5) is 14.4. The zero-order valence-electron chi connectivity index (χ0n) is 12.0. The molecule has 3 atom stereocenters. The van der Waals surface area contributed by atoms with Crippen molar-refractivity contribution in [1.29, 1.82) is 0 Å². The Hall–Kier alpha value is -0.570. The molecule has 0 saturated carbocycles. The highest BCUT2D eigenvalue weighted by molar-refractivity contribution is 5.84. The van der Waals surface area contributed by atoms with Crippen LogP contribution in [0.5, 0.6) is 0 Å². The predicted octanol–water partition coefficient (Wildman–Crippen LogP) is 2.62. The highest BCUT2D eigenvalue weighted by Gasteiger charge is 2.39. The first-order valence-electron chi connectivity index (χ1n) is 7.07. The summed E-state index contributed by atoms with van der Waals surface area (Å²) in [5, 5.41) is 3.50. The lowest BCUT2D eigenvalue weighted by molar-refractivity contribution is -0.131. The van der Waals surface area contributed by atoms with Gasteiger partial charge in [-0.15, -0.1) is 0 Å². The van der Waals surface area contributed by atoms with Crippen LogP contribution in [-0.2, 0) is 4.79 Å². The average Bonchev–Trinajstić information content (AvgIpc) is 2.58. The van der Waals surface area contributed by atoms with Crippen LogP contribution in [-0.4, -0.2) is 29.6 Å². The van der Waals surface area contributed by atoms with Crippen molar-refractivity contribution in [1.82, 2.24) is 10.2 Å². The van der Waals surface area contributed by atoms with Gasteiger partial charge in [-0.1, -0.05) is 47.5 Å². The predicted molar refractivity (Wildman–Crippen MR) is 71.6 cm³/mol. The Kier molecular flexibility index (Phi) is 5.44. The van der Waals surface area contributed by atoms with Gasteiger partial charge in [-0.05, 0) is 18.3 Å². The fraction of sp³-hybridized carbons (Fsp3) is 0.929. The first-order valence-corrected chi connectivity index (χ1v) is 7.07. The second-order valence-corrected chi connectivity index (χ2v) is 5.70. The lowest BCUT2D eigenvalue weighted by Crippen LogP contribution is -2.43. The summed E-state index contributed by atoms with van der Waals surface area (Å²) in [6.07, 6.45) is 3.38. The molecule has 3 unspecified atom stereocenters. The van der Waals surface area contributed by atoms with E-state index in [1.165, 1.54) is 0 Å². The molecule has 1 N–H and O–H groups in total. The molecule has 0 spiro atoms.